The second-order valence-electron chi connectivity index (χ2n) is 4.22. The first-order valence-electron chi connectivity index (χ1n) is 5.73. The van der Waals surface area contributed by atoms with Crippen molar-refractivity contribution >= 4 is 11.6 Å². The first-order valence-corrected chi connectivity index (χ1v) is 6.11. The highest BCUT2D eigenvalue weighted by molar-refractivity contribution is 6.31. The van der Waals surface area contributed by atoms with Gasteiger partial charge in [-0.25, -0.2) is 4.39 Å². The van der Waals surface area contributed by atoms with Crippen LogP contribution in [0.5, 0.6) is 0 Å². The van der Waals surface area contributed by atoms with Crippen molar-refractivity contribution in [1.82, 2.24) is 15.1 Å². The van der Waals surface area contributed by atoms with Crippen molar-refractivity contribution in [3.63, 3.8) is 0 Å². The molecule has 2 rings (SSSR count). The molecule has 0 aliphatic rings. The molecule has 0 saturated carbocycles. The number of hydrogen-bond acceptors (Lipinski definition) is 2. The molecule has 1 atom stereocenters. The SMILES string of the molecule is CNC(C)c1cnn(Cc2ccc(F)cc2Cl)c1. The molecule has 3 nitrogen and oxygen atoms in total. The van der Waals surface area contributed by atoms with Gasteiger partial charge >= 0.3 is 0 Å². The van der Waals surface area contributed by atoms with Gasteiger partial charge in [-0.2, -0.15) is 5.10 Å². The van der Waals surface area contributed by atoms with E-state index < -0.39 is 0 Å². The Labute approximate surface area is 111 Å². The van der Waals surface area contributed by atoms with Gasteiger partial charge in [0, 0.05) is 22.8 Å². The first-order chi connectivity index (χ1) is 8.60. The molecule has 1 heterocycles. The fourth-order valence-corrected chi connectivity index (χ4v) is 1.91. The first kappa shape index (κ1) is 13.1. The van der Waals surface area contributed by atoms with Gasteiger partial charge < -0.3 is 5.32 Å². The van der Waals surface area contributed by atoms with Crippen molar-refractivity contribution in [2.45, 2.75) is 19.5 Å². The molecule has 0 saturated heterocycles. The summed E-state index contributed by atoms with van der Waals surface area (Å²) in [7, 11) is 1.90. The molecular formula is C13H15ClFN3. The summed E-state index contributed by atoms with van der Waals surface area (Å²) in [5.74, 6) is -0.325. The third-order valence-electron chi connectivity index (χ3n) is 2.93. The fraction of sp³-hybridized carbons (Fsp3) is 0.308. The molecular weight excluding hydrogens is 253 g/mol. The van der Waals surface area contributed by atoms with Crippen LogP contribution >= 0.6 is 11.6 Å². The minimum absolute atomic E-state index is 0.252. The van der Waals surface area contributed by atoms with Crippen LogP contribution in [0.2, 0.25) is 5.02 Å². The Kier molecular flexibility index (Phi) is 3.99. The Morgan fingerprint density at radius 1 is 1.50 bits per heavy atom. The predicted molar refractivity (Wildman–Crippen MR) is 70.2 cm³/mol. The van der Waals surface area contributed by atoms with E-state index in [-0.39, 0.29) is 11.9 Å². The van der Waals surface area contributed by atoms with E-state index in [2.05, 4.69) is 17.3 Å². The predicted octanol–water partition coefficient (Wildman–Crippen LogP) is 3.00. The minimum atomic E-state index is -0.325. The number of benzene rings is 1. The summed E-state index contributed by atoms with van der Waals surface area (Å²) in [6, 6.07) is 4.65. The smallest absolute Gasteiger partial charge is 0.124 e. The highest BCUT2D eigenvalue weighted by atomic mass is 35.5. The second-order valence-corrected chi connectivity index (χ2v) is 4.62. The molecule has 2 aromatic rings. The minimum Gasteiger partial charge on any atom is -0.313 e. The highest BCUT2D eigenvalue weighted by Crippen LogP contribution is 2.19. The molecule has 0 radical (unpaired) electrons. The topological polar surface area (TPSA) is 29.9 Å². The lowest BCUT2D eigenvalue weighted by Gasteiger charge is -2.06. The second kappa shape index (κ2) is 5.50. The van der Waals surface area contributed by atoms with Gasteiger partial charge in [0.05, 0.1) is 12.7 Å². The van der Waals surface area contributed by atoms with Crippen molar-refractivity contribution in [2.75, 3.05) is 7.05 Å². The van der Waals surface area contributed by atoms with E-state index in [1.807, 2.05) is 19.4 Å². The molecule has 1 aromatic heterocycles. The lowest BCUT2D eigenvalue weighted by atomic mass is 10.2. The maximum absolute atomic E-state index is 12.9. The quantitative estimate of drug-likeness (QED) is 0.923. The van der Waals surface area contributed by atoms with Gasteiger partial charge in [-0.3, -0.25) is 4.68 Å². The summed E-state index contributed by atoms with van der Waals surface area (Å²) in [6.07, 6.45) is 3.78. The largest absolute Gasteiger partial charge is 0.313 e. The molecule has 1 aromatic carbocycles. The zero-order valence-electron chi connectivity index (χ0n) is 10.3. The number of hydrogen-bond donors (Lipinski definition) is 1. The van der Waals surface area contributed by atoms with Gasteiger partial charge in [0.2, 0.25) is 0 Å². The van der Waals surface area contributed by atoms with Crippen LogP contribution in [0, 0.1) is 5.82 Å². The van der Waals surface area contributed by atoms with Crippen LogP contribution in [0.3, 0.4) is 0 Å². The summed E-state index contributed by atoms with van der Waals surface area (Å²) < 4.78 is 14.7. The molecule has 96 valence electrons. The van der Waals surface area contributed by atoms with E-state index >= 15 is 0 Å². The van der Waals surface area contributed by atoms with Gasteiger partial charge in [-0.15, -0.1) is 0 Å². The van der Waals surface area contributed by atoms with Crippen LogP contribution in [0.1, 0.15) is 24.1 Å². The molecule has 0 bridgehead atoms. The van der Waals surface area contributed by atoms with Gasteiger partial charge in [0.15, 0.2) is 0 Å². The summed E-state index contributed by atoms with van der Waals surface area (Å²) in [4.78, 5) is 0. The van der Waals surface area contributed by atoms with Crippen LogP contribution in [0.25, 0.3) is 0 Å². The monoisotopic (exact) mass is 267 g/mol. The van der Waals surface area contributed by atoms with E-state index in [0.717, 1.165) is 11.1 Å². The van der Waals surface area contributed by atoms with E-state index in [1.54, 1.807) is 10.7 Å². The zero-order chi connectivity index (χ0) is 13.1. The van der Waals surface area contributed by atoms with Crippen molar-refractivity contribution in [3.05, 3.63) is 52.6 Å². The Balaban J connectivity index is 2.16. The number of nitrogens with zero attached hydrogens (tertiary/aromatic N) is 2. The summed E-state index contributed by atoms with van der Waals surface area (Å²) in [5.41, 5.74) is 1.96. The fourth-order valence-electron chi connectivity index (χ4n) is 1.68. The lowest BCUT2D eigenvalue weighted by molar-refractivity contribution is 0.624. The van der Waals surface area contributed by atoms with Gasteiger partial charge in [-0.1, -0.05) is 17.7 Å². The van der Waals surface area contributed by atoms with Crippen LogP contribution in [0.15, 0.2) is 30.6 Å². The van der Waals surface area contributed by atoms with Gasteiger partial charge in [0.1, 0.15) is 5.82 Å². The molecule has 0 amide bonds. The summed E-state index contributed by atoms with van der Waals surface area (Å²) in [5, 5.41) is 7.84. The van der Waals surface area contributed by atoms with E-state index in [1.165, 1.54) is 12.1 Å². The number of aromatic nitrogens is 2. The molecule has 0 spiro atoms. The van der Waals surface area contributed by atoms with E-state index in [4.69, 9.17) is 11.6 Å². The van der Waals surface area contributed by atoms with E-state index in [0.29, 0.717) is 11.6 Å². The van der Waals surface area contributed by atoms with Crippen LogP contribution in [-0.2, 0) is 6.54 Å². The van der Waals surface area contributed by atoms with Crippen molar-refractivity contribution in [3.8, 4) is 0 Å². The lowest BCUT2D eigenvalue weighted by Crippen LogP contribution is -2.11. The molecule has 18 heavy (non-hydrogen) atoms. The Morgan fingerprint density at radius 2 is 2.28 bits per heavy atom. The van der Waals surface area contributed by atoms with Crippen molar-refractivity contribution < 1.29 is 4.39 Å². The number of nitrogens with one attached hydrogen (secondary N) is 1. The molecule has 0 fully saturated rings. The highest BCUT2D eigenvalue weighted by Gasteiger charge is 2.07. The molecule has 0 aliphatic heterocycles. The Hall–Kier alpha value is -1.39. The zero-order valence-corrected chi connectivity index (χ0v) is 11.1. The third-order valence-corrected chi connectivity index (χ3v) is 3.29. The Morgan fingerprint density at radius 3 is 2.94 bits per heavy atom. The van der Waals surface area contributed by atoms with Crippen molar-refractivity contribution in [1.29, 1.82) is 0 Å². The van der Waals surface area contributed by atoms with Crippen molar-refractivity contribution in [2.24, 2.45) is 0 Å². The molecule has 1 N–H and O–H groups in total. The standard InChI is InChI=1S/C13H15ClFN3/c1-9(16-2)11-6-17-18(8-11)7-10-3-4-12(15)5-13(10)14/h3-6,8-9,16H,7H2,1-2H3. The summed E-state index contributed by atoms with van der Waals surface area (Å²) >= 11 is 5.98. The van der Waals surface area contributed by atoms with E-state index in [9.17, 15) is 4.39 Å². The third kappa shape index (κ3) is 2.89. The normalized spacial score (nSPS) is 12.7. The maximum Gasteiger partial charge on any atom is 0.124 e. The average Bonchev–Trinajstić information content (AvgIpc) is 2.80. The molecule has 0 aliphatic carbocycles. The van der Waals surface area contributed by atoms with Crippen LogP contribution in [-0.4, -0.2) is 16.8 Å². The summed E-state index contributed by atoms with van der Waals surface area (Å²) in [6.45, 7) is 2.60. The van der Waals surface area contributed by atoms with Crippen LogP contribution < -0.4 is 5.32 Å². The number of rotatable bonds is 4. The van der Waals surface area contributed by atoms with Crippen LogP contribution in [0.4, 0.5) is 4.39 Å². The maximum atomic E-state index is 12.9. The number of halogens is 2. The Bertz CT molecular complexity index is 539. The molecule has 1 unspecified atom stereocenters. The average molecular weight is 268 g/mol. The van der Waals surface area contributed by atoms with Gasteiger partial charge in [0.25, 0.3) is 0 Å². The van der Waals surface area contributed by atoms with Gasteiger partial charge in [-0.05, 0) is 31.7 Å². The molecule has 5 heteroatoms.